The third-order valence-electron chi connectivity index (χ3n) is 8.48. The summed E-state index contributed by atoms with van der Waals surface area (Å²) in [5.41, 5.74) is 4.87. The monoisotopic (exact) mass is 643 g/mol. The number of hydrogen-bond donors (Lipinski definition) is 0. The van der Waals surface area contributed by atoms with Gasteiger partial charge in [-0.05, 0) is 29.3 Å². The molecule has 3 aromatic carbocycles. The first-order valence-corrected chi connectivity index (χ1v) is 14.1. The summed E-state index contributed by atoms with van der Waals surface area (Å²) in [7, 11) is 1.74. The topological polar surface area (TPSA) is 53.8 Å². The van der Waals surface area contributed by atoms with Gasteiger partial charge in [0.1, 0.15) is 5.75 Å². The Morgan fingerprint density at radius 3 is 2.16 bits per heavy atom. The Kier molecular flexibility index (Phi) is 12.5. The van der Waals surface area contributed by atoms with E-state index in [1.54, 1.807) is 20.2 Å². The molecule has 0 aliphatic carbocycles. The molecule has 7 nitrogen and oxygen atoms in total. The Hall–Kier alpha value is -3.07. The van der Waals surface area contributed by atoms with Crippen LogP contribution in [-0.4, -0.2) is 82.1 Å². The molecular weight excluding hydrogens is 605 g/mol. The normalized spacial score (nSPS) is 18.5. The van der Waals surface area contributed by atoms with E-state index in [1.807, 2.05) is 28.1 Å². The predicted molar refractivity (Wildman–Crippen MR) is 178 cm³/mol. The van der Waals surface area contributed by atoms with Crippen LogP contribution in [0, 0.1) is 0 Å². The van der Waals surface area contributed by atoms with E-state index in [1.165, 1.54) is 11.1 Å². The zero-order valence-corrected chi connectivity index (χ0v) is 26.9. The first-order chi connectivity index (χ1) is 19.6. The zero-order valence-electron chi connectivity index (χ0n) is 24.5. The molecule has 6 rings (SSSR count). The Bertz CT molecular complexity index is 1390. The lowest BCUT2D eigenvalue weighted by atomic mass is 9.81. The fraction of sp³-hybridized carbons (Fsp3) is 0.333. The second-order valence-corrected chi connectivity index (χ2v) is 10.9. The quantitative estimate of drug-likeness (QED) is 0.259. The van der Waals surface area contributed by atoms with Crippen molar-refractivity contribution in [1.82, 2.24) is 24.3 Å². The van der Waals surface area contributed by atoms with Gasteiger partial charge in [-0.1, -0.05) is 60.7 Å². The maximum atomic E-state index is 12.4. The molecule has 2 fully saturated rings. The summed E-state index contributed by atoms with van der Waals surface area (Å²) in [6, 6.07) is 28.6. The molecule has 0 spiro atoms. The number of imidazole rings is 1. The Morgan fingerprint density at radius 1 is 0.907 bits per heavy atom. The Labute approximate surface area is 273 Å². The third kappa shape index (κ3) is 7.54. The molecule has 43 heavy (non-hydrogen) atoms. The number of aromatic nitrogens is 2. The van der Waals surface area contributed by atoms with Crippen LogP contribution in [0.15, 0.2) is 97.6 Å². The molecule has 10 heteroatoms. The summed E-state index contributed by atoms with van der Waals surface area (Å²) in [5, 5.41) is 0. The highest BCUT2D eigenvalue weighted by Crippen LogP contribution is 2.36. The standard InChI is InChI=1S/C33H37N5O2.3ClH/c1-25(39)36-17-18-38-30(22-36)21-35(20-28-19-29(13-14-32(28)40-2)37-16-15-34-24-37)23-31(38)33(26-9-5-3-6-10-26)27-11-7-4-8-12-27;;;/h3-16,19,24,30-31,33H,17-18,20-23H2,1-2H3;3*1H/t30-,31+;;;/m1.../s1. The van der Waals surface area contributed by atoms with E-state index in [-0.39, 0.29) is 61.1 Å². The Morgan fingerprint density at radius 2 is 1.58 bits per heavy atom. The fourth-order valence-electron chi connectivity index (χ4n) is 6.58. The van der Waals surface area contributed by atoms with Crippen LogP contribution in [0.25, 0.3) is 5.69 Å². The van der Waals surface area contributed by atoms with Crippen molar-refractivity contribution < 1.29 is 9.53 Å². The highest BCUT2D eigenvalue weighted by atomic mass is 35.5. The minimum atomic E-state index is 0. The van der Waals surface area contributed by atoms with Crippen LogP contribution in [-0.2, 0) is 11.3 Å². The van der Waals surface area contributed by atoms with E-state index in [4.69, 9.17) is 4.74 Å². The number of halogens is 3. The number of rotatable bonds is 7. The molecule has 0 saturated carbocycles. The third-order valence-corrected chi connectivity index (χ3v) is 8.48. The van der Waals surface area contributed by atoms with Crippen molar-refractivity contribution in [2.45, 2.75) is 31.5 Å². The molecule has 1 aromatic heterocycles. The smallest absolute Gasteiger partial charge is 0.219 e. The van der Waals surface area contributed by atoms with E-state index in [9.17, 15) is 4.79 Å². The molecule has 1 amide bonds. The molecule has 0 bridgehead atoms. The first-order valence-electron chi connectivity index (χ1n) is 14.1. The summed E-state index contributed by atoms with van der Waals surface area (Å²) in [6.07, 6.45) is 5.58. The summed E-state index contributed by atoms with van der Waals surface area (Å²) in [4.78, 5) is 23.9. The summed E-state index contributed by atoms with van der Waals surface area (Å²) in [6.45, 7) is 6.70. The van der Waals surface area contributed by atoms with E-state index in [0.29, 0.717) is 0 Å². The van der Waals surface area contributed by atoms with Crippen LogP contribution in [0.2, 0.25) is 0 Å². The van der Waals surface area contributed by atoms with Gasteiger partial charge in [-0.25, -0.2) is 4.98 Å². The number of hydrogen-bond acceptors (Lipinski definition) is 5. The number of methoxy groups -OCH3 is 1. The number of amides is 1. The van der Waals surface area contributed by atoms with Gasteiger partial charge in [-0.15, -0.1) is 37.2 Å². The fourth-order valence-corrected chi connectivity index (χ4v) is 6.58. The molecule has 2 atom stereocenters. The number of piperazine rings is 2. The van der Waals surface area contributed by atoms with Crippen LogP contribution < -0.4 is 4.74 Å². The van der Waals surface area contributed by atoms with Crippen LogP contribution in [0.5, 0.6) is 5.75 Å². The van der Waals surface area contributed by atoms with E-state index in [0.717, 1.165) is 56.3 Å². The summed E-state index contributed by atoms with van der Waals surface area (Å²) >= 11 is 0. The molecule has 2 aliphatic rings. The number of carbonyl (C=O) groups excluding carboxylic acids is 1. The minimum Gasteiger partial charge on any atom is -0.496 e. The van der Waals surface area contributed by atoms with Gasteiger partial charge in [0, 0.05) is 87.8 Å². The minimum absolute atomic E-state index is 0. The van der Waals surface area contributed by atoms with Gasteiger partial charge in [0.05, 0.1) is 13.4 Å². The maximum Gasteiger partial charge on any atom is 0.219 e. The second-order valence-electron chi connectivity index (χ2n) is 10.9. The van der Waals surface area contributed by atoms with Gasteiger partial charge in [0.2, 0.25) is 5.91 Å². The zero-order chi connectivity index (χ0) is 27.5. The van der Waals surface area contributed by atoms with Crippen molar-refractivity contribution in [2.24, 2.45) is 0 Å². The van der Waals surface area contributed by atoms with E-state index >= 15 is 0 Å². The molecule has 3 heterocycles. The average Bonchev–Trinajstić information content (AvgIpc) is 3.53. The number of nitrogens with zero attached hydrogens (tertiary/aromatic N) is 5. The highest BCUT2D eigenvalue weighted by molar-refractivity contribution is 5.86. The van der Waals surface area contributed by atoms with Gasteiger partial charge < -0.3 is 14.2 Å². The molecule has 0 unspecified atom stereocenters. The number of benzene rings is 3. The molecule has 2 aliphatic heterocycles. The van der Waals surface area contributed by atoms with Gasteiger partial charge in [-0.2, -0.15) is 0 Å². The van der Waals surface area contributed by atoms with E-state index in [2.05, 4.69) is 87.6 Å². The van der Waals surface area contributed by atoms with Crippen molar-refractivity contribution >= 4 is 43.1 Å². The molecule has 230 valence electrons. The average molecular weight is 645 g/mol. The SMILES string of the molecule is COc1ccc(-n2ccnc2)cc1CN1C[C@@H]2CN(C(C)=O)CCN2[C@H](C(c2ccccc2)c2ccccc2)C1.Cl.Cl.Cl. The molecule has 0 N–H and O–H groups in total. The van der Waals surface area contributed by atoms with Gasteiger partial charge in [0.15, 0.2) is 0 Å². The van der Waals surface area contributed by atoms with E-state index < -0.39 is 0 Å². The number of fused-ring (bicyclic) bond motifs is 1. The number of ether oxygens (including phenoxy) is 1. The highest BCUT2D eigenvalue weighted by Gasteiger charge is 2.42. The van der Waals surface area contributed by atoms with Crippen LogP contribution in [0.1, 0.15) is 29.5 Å². The van der Waals surface area contributed by atoms with Crippen molar-refractivity contribution in [2.75, 3.05) is 39.8 Å². The molecule has 2 saturated heterocycles. The lowest BCUT2D eigenvalue weighted by Gasteiger charge is -2.53. The van der Waals surface area contributed by atoms with Crippen LogP contribution in [0.4, 0.5) is 0 Å². The summed E-state index contributed by atoms with van der Waals surface area (Å²) in [5.74, 6) is 1.26. The summed E-state index contributed by atoms with van der Waals surface area (Å²) < 4.78 is 7.84. The number of carbonyl (C=O) groups is 1. The first kappa shape index (κ1) is 34.4. The van der Waals surface area contributed by atoms with Crippen molar-refractivity contribution in [3.8, 4) is 11.4 Å². The second kappa shape index (κ2) is 15.6. The van der Waals surface area contributed by atoms with Crippen LogP contribution in [0.3, 0.4) is 0 Å². The van der Waals surface area contributed by atoms with Gasteiger partial charge in [-0.3, -0.25) is 14.6 Å². The van der Waals surface area contributed by atoms with Gasteiger partial charge in [0.25, 0.3) is 0 Å². The molecule has 0 radical (unpaired) electrons. The van der Waals surface area contributed by atoms with Crippen molar-refractivity contribution in [3.63, 3.8) is 0 Å². The molecular formula is C33H40Cl3N5O2. The Balaban J connectivity index is 0.00000169. The van der Waals surface area contributed by atoms with Gasteiger partial charge >= 0.3 is 0 Å². The largest absolute Gasteiger partial charge is 0.496 e. The molecule has 4 aromatic rings. The van der Waals surface area contributed by atoms with Crippen LogP contribution >= 0.6 is 37.2 Å². The van der Waals surface area contributed by atoms with Crippen molar-refractivity contribution in [1.29, 1.82) is 0 Å². The maximum absolute atomic E-state index is 12.4. The predicted octanol–water partition coefficient (Wildman–Crippen LogP) is 5.70. The van der Waals surface area contributed by atoms with Crippen molar-refractivity contribution in [3.05, 3.63) is 114 Å². The lowest BCUT2D eigenvalue weighted by molar-refractivity contribution is -0.134. The lowest BCUT2D eigenvalue weighted by Crippen LogP contribution is -2.67.